The SMILES string of the molecule is Fc1cccc2c1N[C@H](c1ccccc1Cl)[C@H]1CC=C[C@@H]21. The van der Waals surface area contributed by atoms with Crippen LogP contribution in [0, 0.1) is 11.7 Å². The fraction of sp³-hybridized carbons (Fsp3) is 0.222. The largest absolute Gasteiger partial charge is 0.375 e. The van der Waals surface area contributed by atoms with Gasteiger partial charge in [-0.25, -0.2) is 4.39 Å². The van der Waals surface area contributed by atoms with Crippen molar-refractivity contribution in [2.24, 2.45) is 5.92 Å². The van der Waals surface area contributed by atoms with Gasteiger partial charge >= 0.3 is 0 Å². The van der Waals surface area contributed by atoms with E-state index in [1.54, 1.807) is 6.07 Å². The molecule has 0 spiro atoms. The Bertz CT molecular complexity index is 725. The molecule has 106 valence electrons. The Morgan fingerprint density at radius 2 is 1.86 bits per heavy atom. The Kier molecular flexibility index (Phi) is 3.00. The van der Waals surface area contributed by atoms with Gasteiger partial charge in [0.15, 0.2) is 0 Å². The summed E-state index contributed by atoms with van der Waals surface area (Å²) in [5.74, 6) is 0.459. The molecule has 1 aliphatic carbocycles. The normalized spacial score (nSPS) is 26.1. The lowest BCUT2D eigenvalue weighted by molar-refractivity contribution is 0.421. The summed E-state index contributed by atoms with van der Waals surface area (Å²) in [4.78, 5) is 0. The van der Waals surface area contributed by atoms with Crippen LogP contribution in [0.2, 0.25) is 5.02 Å². The molecule has 0 unspecified atom stereocenters. The summed E-state index contributed by atoms with van der Waals surface area (Å²) in [7, 11) is 0. The average molecular weight is 300 g/mol. The van der Waals surface area contributed by atoms with Crippen LogP contribution in [0.3, 0.4) is 0 Å². The number of halogens is 2. The van der Waals surface area contributed by atoms with Crippen LogP contribution >= 0.6 is 11.6 Å². The lowest BCUT2D eigenvalue weighted by Gasteiger charge is -2.37. The molecule has 2 aromatic carbocycles. The summed E-state index contributed by atoms with van der Waals surface area (Å²) in [5, 5.41) is 4.13. The second-order valence-electron chi connectivity index (χ2n) is 5.70. The lowest BCUT2D eigenvalue weighted by Crippen LogP contribution is -2.29. The average Bonchev–Trinajstić information content (AvgIpc) is 2.97. The fourth-order valence-electron chi connectivity index (χ4n) is 3.62. The monoisotopic (exact) mass is 299 g/mol. The number of allylic oxidation sites excluding steroid dienone is 2. The predicted molar refractivity (Wildman–Crippen MR) is 84.2 cm³/mol. The van der Waals surface area contributed by atoms with E-state index < -0.39 is 0 Å². The van der Waals surface area contributed by atoms with E-state index in [0.717, 1.165) is 22.6 Å². The third-order valence-electron chi connectivity index (χ3n) is 4.59. The van der Waals surface area contributed by atoms with Gasteiger partial charge < -0.3 is 5.32 Å². The first-order valence-electron chi connectivity index (χ1n) is 7.22. The smallest absolute Gasteiger partial charge is 0.146 e. The van der Waals surface area contributed by atoms with Crippen LogP contribution in [-0.2, 0) is 0 Å². The summed E-state index contributed by atoms with van der Waals surface area (Å²) >= 11 is 6.36. The van der Waals surface area contributed by atoms with E-state index in [1.807, 2.05) is 30.3 Å². The van der Waals surface area contributed by atoms with Crippen molar-refractivity contribution in [2.75, 3.05) is 5.32 Å². The van der Waals surface area contributed by atoms with Crippen LogP contribution in [-0.4, -0.2) is 0 Å². The standard InChI is InChI=1S/C18H15ClFN/c19-15-9-2-1-5-14(15)17-12-7-3-6-11(12)13-8-4-10-16(20)18(13)21-17/h1-6,8-12,17,21H,7H2/t11-,12+,17+/m1/s1. The number of hydrogen-bond donors (Lipinski definition) is 1. The van der Waals surface area contributed by atoms with Gasteiger partial charge in [-0.05, 0) is 35.6 Å². The molecule has 1 aliphatic heterocycles. The van der Waals surface area contributed by atoms with Crippen molar-refractivity contribution in [1.29, 1.82) is 0 Å². The Hall–Kier alpha value is -1.80. The minimum Gasteiger partial charge on any atom is -0.375 e. The van der Waals surface area contributed by atoms with Crippen molar-refractivity contribution in [2.45, 2.75) is 18.4 Å². The number of rotatable bonds is 1. The van der Waals surface area contributed by atoms with Crippen molar-refractivity contribution >= 4 is 17.3 Å². The maximum atomic E-state index is 14.2. The molecule has 0 amide bonds. The fourth-order valence-corrected chi connectivity index (χ4v) is 3.87. The van der Waals surface area contributed by atoms with E-state index in [1.165, 1.54) is 6.07 Å². The predicted octanol–water partition coefficient (Wildman–Crippen LogP) is 5.31. The summed E-state index contributed by atoms with van der Waals surface area (Å²) in [6.07, 6.45) is 5.39. The maximum Gasteiger partial charge on any atom is 0.146 e. The summed E-state index contributed by atoms with van der Waals surface area (Å²) in [6.45, 7) is 0. The van der Waals surface area contributed by atoms with Gasteiger partial charge in [0.25, 0.3) is 0 Å². The number of anilines is 1. The molecule has 3 heteroatoms. The van der Waals surface area contributed by atoms with Crippen LogP contribution in [0.25, 0.3) is 0 Å². The second-order valence-corrected chi connectivity index (χ2v) is 6.11. The molecule has 2 aliphatic rings. The molecule has 4 rings (SSSR count). The van der Waals surface area contributed by atoms with Gasteiger partial charge in [-0.2, -0.15) is 0 Å². The Balaban J connectivity index is 1.85. The van der Waals surface area contributed by atoms with E-state index >= 15 is 0 Å². The topological polar surface area (TPSA) is 12.0 Å². The highest BCUT2D eigenvalue weighted by molar-refractivity contribution is 6.31. The molecule has 3 atom stereocenters. The van der Waals surface area contributed by atoms with Gasteiger partial charge in [-0.3, -0.25) is 0 Å². The van der Waals surface area contributed by atoms with E-state index in [-0.39, 0.29) is 17.8 Å². The van der Waals surface area contributed by atoms with Gasteiger partial charge in [-0.15, -0.1) is 0 Å². The first kappa shape index (κ1) is 12.9. The van der Waals surface area contributed by atoms with Crippen LogP contribution in [0.4, 0.5) is 10.1 Å². The van der Waals surface area contributed by atoms with Crippen LogP contribution in [0.1, 0.15) is 29.5 Å². The molecule has 0 radical (unpaired) electrons. The number of hydrogen-bond acceptors (Lipinski definition) is 1. The highest BCUT2D eigenvalue weighted by atomic mass is 35.5. The molecule has 0 saturated heterocycles. The molecule has 2 aromatic rings. The maximum absolute atomic E-state index is 14.2. The molecular weight excluding hydrogens is 285 g/mol. The number of para-hydroxylation sites is 1. The summed E-state index contributed by atoms with van der Waals surface area (Å²) < 4.78 is 14.2. The van der Waals surface area contributed by atoms with Gasteiger partial charge in [0, 0.05) is 10.9 Å². The molecule has 1 heterocycles. The molecule has 21 heavy (non-hydrogen) atoms. The Morgan fingerprint density at radius 3 is 2.71 bits per heavy atom. The highest BCUT2D eigenvalue weighted by Crippen LogP contribution is 2.51. The van der Waals surface area contributed by atoms with E-state index in [4.69, 9.17) is 11.6 Å². The second kappa shape index (κ2) is 4.88. The van der Waals surface area contributed by atoms with E-state index in [9.17, 15) is 4.39 Å². The minimum absolute atomic E-state index is 0.0445. The van der Waals surface area contributed by atoms with Gasteiger partial charge in [-0.1, -0.05) is 54.1 Å². The summed E-state index contributed by atoms with van der Waals surface area (Å²) in [6, 6.07) is 13.2. The van der Waals surface area contributed by atoms with Crippen molar-refractivity contribution in [3.63, 3.8) is 0 Å². The zero-order chi connectivity index (χ0) is 14.4. The van der Waals surface area contributed by atoms with Gasteiger partial charge in [0.2, 0.25) is 0 Å². The molecule has 0 aromatic heterocycles. The van der Waals surface area contributed by atoms with Crippen molar-refractivity contribution in [1.82, 2.24) is 0 Å². The van der Waals surface area contributed by atoms with Gasteiger partial charge in [0.05, 0.1) is 11.7 Å². The van der Waals surface area contributed by atoms with Gasteiger partial charge in [0.1, 0.15) is 5.82 Å². The minimum atomic E-state index is -0.191. The lowest BCUT2D eigenvalue weighted by atomic mass is 9.77. The first-order chi connectivity index (χ1) is 10.3. The Labute approximate surface area is 128 Å². The third-order valence-corrected chi connectivity index (χ3v) is 4.93. The summed E-state index contributed by atoms with van der Waals surface area (Å²) in [5.41, 5.74) is 2.72. The van der Waals surface area contributed by atoms with E-state index in [2.05, 4.69) is 17.5 Å². The van der Waals surface area contributed by atoms with Crippen LogP contribution in [0.5, 0.6) is 0 Å². The quantitative estimate of drug-likeness (QED) is 0.704. The highest BCUT2D eigenvalue weighted by Gasteiger charge is 2.39. The van der Waals surface area contributed by atoms with Crippen LogP contribution < -0.4 is 5.32 Å². The van der Waals surface area contributed by atoms with Crippen molar-refractivity contribution in [3.05, 3.63) is 76.6 Å². The van der Waals surface area contributed by atoms with E-state index in [0.29, 0.717) is 11.6 Å². The molecule has 0 saturated carbocycles. The molecule has 0 bridgehead atoms. The first-order valence-corrected chi connectivity index (χ1v) is 7.59. The van der Waals surface area contributed by atoms with Crippen molar-refractivity contribution in [3.8, 4) is 0 Å². The number of fused-ring (bicyclic) bond motifs is 3. The molecular formula is C18H15ClFN. The van der Waals surface area contributed by atoms with Crippen molar-refractivity contribution < 1.29 is 4.39 Å². The third kappa shape index (κ3) is 1.97. The molecule has 1 N–H and O–H groups in total. The molecule has 1 nitrogen and oxygen atoms in total. The Morgan fingerprint density at radius 1 is 1.05 bits per heavy atom. The van der Waals surface area contributed by atoms with Crippen LogP contribution in [0.15, 0.2) is 54.6 Å². The zero-order valence-electron chi connectivity index (χ0n) is 11.4. The molecule has 0 fully saturated rings. The zero-order valence-corrected chi connectivity index (χ0v) is 12.1. The number of nitrogens with one attached hydrogen (secondary N) is 1. The number of benzene rings is 2.